The van der Waals surface area contributed by atoms with Crippen LogP contribution in [0.4, 0.5) is 5.69 Å². The molecule has 0 saturated carbocycles. The molecule has 1 aromatic rings. The first kappa shape index (κ1) is 12.6. The molecule has 0 unspecified atom stereocenters. The van der Waals surface area contributed by atoms with Crippen molar-refractivity contribution < 1.29 is 8.42 Å². The molecule has 0 atom stereocenters. The van der Waals surface area contributed by atoms with Gasteiger partial charge in [-0.15, -0.1) is 0 Å². The summed E-state index contributed by atoms with van der Waals surface area (Å²) in [5.74, 6) is 0.0653. The maximum atomic E-state index is 10.9. The molecule has 0 radical (unpaired) electrons. The van der Waals surface area contributed by atoms with Gasteiger partial charge >= 0.3 is 0 Å². The second kappa shape index (κ2) is 5.05. The van der Waals surface area contributed by atoms with Gasteiger partial charge in [0.05, 0.1) is 21.5 Å². The molecule has 0 aliphatic rings. The Bertz CT molecular complexity index is 445. The predicted octanol–water partition coefficient (Wildman–Crippen LogP) is 2.45. The molecule has 1 N–H and O–H groups in total. The summed E-state index contributed by atoms with van der Waals surface area (Å²) in [5.41, 5.74) is 0.646. The van der Waals surface area contributed by atoms with E-state index in [0.717, 1.165) is 0 Å². The first-order valence-corrected chi connectivity index (χ1v) is 7.07. The van der Waals surface area contributed by atoms with Crippen LogP contribution in [0, 0.1) is 0 Å². The first-order valence-electron chi connectivity index (χ1n) is 4.26. The normalized spacial score (nSPS) is 11.4. The highest BCUT2D eigenvalue weighted by Crippen LogP contribution is 2.29. The molecular weight excluding hydrogens is 257 g/mol. The third-order valence-electron chi connectivity index (χ3n) is 1.74. The van der Waals surface area contributed by atoms with Gasteiger partial charge in [0.2, 0.25) is 0 Å². The minimum atomic E-state index is -2.96. The minimum Gasteiger partial charge on any atom is -0.383 e. The zero-order chi connectivity index (χ0) is 11.5. The van der Waals surface area contributed by atoms with Crippen molar-refractivity contribution in [3.05, 3.63) is 28.2 Å². The van der Waals surface area contributed by atoms with Gasteiger partial charge < -0.3 is 5.32 Å². The third-order valence-corrected chi connectivity index (χ3v) is 3.50. The van der Waals surface area contributed by atoms with E-state index < -0.39 is 9.84 Å². The Hall–Kier alpha value is -0.450. The zero-order valence-corrected chi connectivity index (χ0v) is 10.5. The number of rotatable bonds is 4. The van der Waals surface area contributed by atoms with Crippen LogP contribution in [-0.4, -0.2) is 27.0 Å². The highest BCUT2D eigenvalue weighted by Gasteiger charge is 2.05. The number of hydrogen-bond acceptors (Lipinski definition) is 3. The van der Waals surface area contributed by atoms with Gasteiger partial charge in [0.15, 0.2) is 0 Å². The molecule has 3 nitrogen and oxygen atoms in total. The molecule has 0 saturated heterocycles. The molecule has 0 aliphatic carbocycles. The maximum absolute atomic E-state index is 10.9. The molecule has 0 amide bonds. The molecule has 84 valence electrons. The van der Waals surface area contributed by atoms with Gasteiger partial charge in [0.25, 0.3) is 0 Å². The van der Waals surface area contributed by atoms with E-state index in [2.05, 4.69) is 5.32 Å². The molecule has 0 fully saturated rings. The lowest BCUT2D eigenvalue weighted by atomic mass is 10.3. The van der Waals surface area contributed by atoms with Gasteiger partial charge in [-0.25, -0.2) is 8.42 Å². The van der Waals surface area contributed by atoms with Crippen molar-refractivity contribution in [2.75, 3.05) is 23.9 Å². The van der Waals surface area contributed by atoms with Gasteiger partial charge in [-0.05, 0) is 12.1 Å². The number of sulfone groups is 1. The van der Waals surface area contributed by atoms with Gasteiger partial charge in [0.1, 0.15) is 9.84 Å². The van der Waals surface area contributed by atoms with Crippen molar-refractivity contribution in [3.63, 3.8) is 0 Å². The van der Waals surface area contributed by atoms with E-state index in [1.54, 1.807) is 18.2 Å². The van der Waals surface area contributed by atoms with Gasteiger partial charge in [-0.1, -0.05) is 29.3 Å². The number of halogens is 2. The van der Waals surface area contributed by atoms with E-state index in [0.29, 0.717) is 22.3 Å². The zero-order valence-electron chi connectivity index (χ0n) is 8.13. The van der Waals surface area contributed by atoms with Crippen LogP contribution < -0.4 is 5.32 Å². The van der Waals surface area contributed by atoms with E-state index in [4.69, 9.17) is 23.2 Å². The summed E-state index contributed by atoms with van der Waals surface area (Å²) in [6.45, 7) is 0.318. The van der Waals surface area contributed by atoms with Gasteiger partial charge in [-0.2, -0.15) is 0 Å². The summed E-state index contributed by atoms with van der Waals surface area (Å²) in [4.78, 5) is 0. The van der Waals surface area contributed by atoms with Crippen LogP contribution >= 0.6 is 23.2 Å². The van der Waals surface area contributed by atoms with Crippen molar-refractivity contribution in [2.45, 2.75) is 0 Å². The number of anilines is 1. The number of benzene rings is 1. The van der Waals surface area contributed by atoms with Gasteiger partial charge in [0, 0.05) is 12.8 Å². The van der Waals surface area contributed by atoms with Crippen LogP contribution in [0.5, 0.6) is 0 Å². The molecule has 1 rings (SSSR count). The van der Waals surface area contributed by atoms with E-state index >= 15 is 0 Å². The lowest BCUT2D eigenvalue weighted by molar-refractivity contribution is 0.602. The Kier molecular flexibility index (Phi) is 4.25. The van der Waals surface area contributed by atoms with Crippen molar-refractivity contribution in [3.8, 4) is 0 Å². The van der Waals surface area contributed by atoms with E-state index in [-0.39, 0.29) is 5.75 Å². The fraction of sp³-hybridized carbons (Fsp3) is 0.333. The lowest BCUT2D eigenvalue weighted by Crippen LogP contribution is -2.14. The molecule has 0 aromatic heterocycles. The van der Waals surface area contributed by atoms with E-state index in [9.17, 15) is 8.42 Å². The minimum absolute atomic E-state index is 0.0653. The number of hydrogen-bond donors (Lipinski definition) is 1. The molecule has 0 aliphatic heterocycles. The number of nitrogens with one attached hydrogen (secondary N) is 1. The first-order chi connectivity index (χ1) is 6.90. The molecule has 1 aromatic carbocycles. The largest absolute Gasteiger partial charge is 0.383 e. The van der Waals surface area contributed by atoms with Crippen molar-refractivity contribution in [1.29, 1.82) is 0 Å². The Labute approximate surface area is 99.3 Å². The third kappa shape index (κ3) is 4.28. The Morgan fingerprint density at radius 2 is 2.00 bits per heavy atom. The summed E-state index contributed by atoms with van der Waals surface area (Å²) >= 11 is 11.7. The topological polar surface area (TPSA) is 46.2 Å². The Balaban J connectivity index is 2.62. The highest BCUT2D eigenvalue weighted by molar-refractivity contribution is 7.90. The predicted molar refractivity (Wildman–Crippen MR) is 64.7 cm³/mol. The van der Waals surface area contributed by atoms with Crippen LogP contribution in [0.3, 0.4) is 0 Å². The summed E-state index contributed by atoms with van der Waals surface area (Å²) in [6, 6.07) is 5.17. The SMILES string of the molecule is CS(=O)(=O)CCNc1cccc(Cl)c1Cl. The maximum Gasteiger partial charge on any atom is 0.149 e. The smallest absolute Gasteiger partial charge is 0.149 e. The molecule has 0 heterocycles. The monoisotopic (exact) mass is 267 g/mol. The summed E-state index contributed by atoms with van der Waals surface area (Å²) in [7, 11) is -2.96. The summed E-state index contributed by atoms with van der Waals surface area (Å²) in [5, 5.41) is 3.77. The standard InChI is InChI=1S/C9H11Cl2NO2S/c1-15(13,14)6-5-12-8-4-2-3-7(10)9(8)11/h2-4,12H,5-6H2,1H3. The lowest BCUT2D eigenvalue weighted by Gasteiger charge is -2.08. The van der Waals surface area contributed by atoms with E-state index in [1.807, 2.05) is 0 Å². The fourth-order valence-corrected chi connectivity index (χ4v) is 1.85. The molecular formula is C9H11Cl2NO2S. The molecule has 0 bridgehead atoms. The van der Waals surface area contributed by atoms with Gasteiger partial charge in [-0.3, -0.25) is 0 Å². The van der Waals surface area contributed by atoms with Crippen molar-refractivity contribution in [2.24, 2.45) is 0 Å². The second-order valence-electron chi connectivity index (χ2n) is 3.16. The van der Waals surface area contributed by atoms with Crippen LogP contribution in [0.15, 0.2) is 18.2 Å². The fourth-order valence-electron chi connectivity index (χ4n) is 1.01. The summed E-state index contributed by atoms with van der Waals surface area (Å²) < 4.78 is 21.7. The van der Waals surface area contributed by atoms with Crippen LogP contribution in [0.1, 0.15) is 0 Å². The van der Waals surface area contributed by atoms with E-state index in [1.165, 1.54) is 6.26 Å². The van der Waals surface area contributed by atoms with Crippen LogP contribution in [0.25, 0.3) is 0 Å². The summed E-state index contributed by atoms with van der Waals surface area (Å²) in [6.07, 6.45) is 1.19. The highest BCUT2D eigenvalue weighted by atomic mass is 35.5. The van der Waals surface area contributed by atoms with Crippen LogP contribution in [-0.2, 0) is 9.84 Å². The van der Waals surface area contributed by atoms with Crippen molar-refractivity contribution >= 4 is 38.7 Å². The average Bonchev–Trinajstić information content (AvgIpc) is 2.10. The quantitative estimate of drug-likeness (QED) is 0.912. The van der Waals surface area contributed by atoms with Crippen LogP contribution in [0.2, 0.25) is 10.0 Å². The second-order valence-corrected chi connectivity index (χ2v) is 6.20. The van der Waals surface area contributed by atoms with Crippen molar-refractivity contribution in [1.82, 2.24) is 0 Å². The Morgan fingerprint density at radius 3 is 2.60 bits per heavy atom. The Morgan fingerprint density at radius 1 is 1.33 bits per heavy atom. The molecule has 6 heteroatoms. The molecule has 15 heavy (non-hydrogen) atoms. The average molecular weight is 268 g/mol. The molecule has 0 spiro atoms.